The van der Waals surface area contributed by atoms with Crippen LogP contribution in [0.5, 0.6) is 0 Å². The molecule has 1 aromatic heterocycles. The molecule has 0 saturated heterocycles. The Morgan fingerprint density at radius 1 is 1.62 bits per heavy atom. The minimum absolute atomic E-state index is 0.189. The highest BCUT2D eigenvalue weighted by molar-refractivity contribution is 5.91. The Bertz CT molecular complexity index is 345. The van der Waals surface area contributed by atoms with Crippen LogP contribution in [0.4, 0.5) is 5.69 Å². The molecule has 0 atom stereocenters. The minimum atomic E-state index is -0.299. The summed E-state index contributed by atoms with van der Waals surface area (Å²) in [7, 11) is 1.66. The van der Waals surface area contributed by atoms with Gasteiger partial charge in [-0.3, -0.25) is 9.59 Å². The van der Waals surface area contributed by atoms with Crippen molar-refractivity contribution >= 4 is 11.6 Å². The van der Waals surface area contributed by atoms with Gasteiger partial charge in [0.15, 0.2) is 0 Å². The monoisotopic (exact) mass is 181 g/mol. The summed E-state index contributed by atoms with van der Waals surface area (Å²) in [6.45, 7) is 0.189. The van der Waals surface area contributed by atoms with Gasteiger partial charge < -0.3 is 15.6 Å². The molecule has 0 aliphatic rings. The lowest BCUT2D eigenvalue weighted by Gasteiger charge is -2.02. The van der Waals surface area contributed by atoms with Gasteiger partial charge in [-0.05, 0) is 19.2 Å². The van der Waals surface area contributed by atoms with Crippen LogP contribution in [0.3, 0.4) is 0 Å². The van der Waals surface area contributed by atoms with E-state index >= 15 is 0 Å². The highest BCUT2D eigenvalue weighted by Crippen LogP contribution is 1.94. The molecule has 1 heterocycles. The summed E-state index contributed by atoms with van der Waals surface area (Å²) in [6.07, 6.45) is 1.51. The van der Waals surface area contributed by atoms with Gasteiger partial charge in [-0.15, -0.1) is 0 Å². The summed E-state index contributed by atoms with van der Waals surface area (Å²) in [5.74, 6) is -0.237. The molecule has 0 aliphatic heterocycles. The molecule has 0 fully saturated rings. The number of likely N-dealkylation sites (N-methyl/N-ethyl adjacent to an activating group) is 1. The van der Waals surface area contributed by atoms with Crippen molar-refractivity contribution in [1.29, 1.82) is 0 Å². The number of pyridine rings is 1. The zero-order valence-electron chi connectivity index (χ0n) is 7.26. The molecule has 1 rings (SSSR count). The number of carbonyl (C=O) groups is 1. The molecular formula is C8H11N3O2. The summed E-state index contributed by atoms with van der Waals surface area (Å²) in [5, 5.41) is 5.15. The van der Waals surface area contributed by atoms with Gasteiger partial charge in [-0.2, -0.15) is 0 Å². The molecule has 70 valence electrons. The summed E-state index contributed by atoms with van der Waals surface area (Å²) >= 11 is 0. The van der Waals surface area contributed by atoms with E-state index in [2.05, 4.69) is 15.6 Å². The maximum atomic E-state index is 11.1. The van der Waals surface area contributed by atoms with Crippen LogP contribution in [0.15, 0.2) is 23.1 Å². The van der Waals surface area contributed by atoms with Crippen molar-refractivity contribution in [2.75, 3.05) is 18.9 Å². The van der Waals surface area contributed by atoms with E-state index in [-0.39, 0.29) is 23.7 Å². The fourth-order valence-electron chi connectivity index (χ4n) is 0.875. The second-order valence-corrected chi connectivity index (χ2v) is 2.49. The third-order valence-electron chi connectivity index (χ3n) is 1.43. The zero-order valence-corrected chi connectivity index (χ0v) is 7.26. The van der Waals surface area contributed by atoms with Crippen LogP contribution in [0.1, 0.15) is 0 Å². The summed E-state index contributed by atoms with van der Waals surface area (Å²) in [6, 6.07) is 3.20. The minimum Gasteiger partial charge on any atom is -0.327 e. The van der Waals surface area contributed by atoms with Crippen LogP contribution >= 0.6 is 0 Å². The first-order valence-corrected chi connectivity index (χ1v) is 3.86. The van der Waals surface area contributed by atoms with Gasteiger partial charge in [0.1, 0.15) is 5.69 Å². The molecule has 0 aromatic carbocycles. The topological polar surface area (TPSA) is 74.0 Å². The second-order valence-electron chi connectivity index (χ2n) is 2.49. The molecule has 13 heavy (non-hydrogen) atoms. The number of nitrogens with one attached hydrogen (secondary N) is 3. The van der Waals surface area contributed by atoms with Gasteiger partial charge >= 0.3 is 0 Å². The van der Waals surface area contributed by atoms with Crippen molar-refractivity contribution in [2.24, 2.45) is 0 Å². The van der Waals surface area contributed by atoms with Crippen molar-refractivity contribution < 1.29 is 4.79 Å². The van der Waals surface area contributed by atoms with E-state index in [1.165, 1.54) is 6.20 Å². The third-order valence-corrected chi connectivity index (χ3v) is 1.43. The Balaban J connectivity index is 2.69. The molecule has 5 nitrogen and oxygen atoms in total. The normalized spacial score (nSPS) is 9.62. The first kappa shape index (κ1) is 9.47. The maximum Gasteiger partial charge on any atom is 0.271 e. The highest BCUT2D eigenvalue weighted by atomic mass is 16.2. The first-order valence-electron chi connectivity index (χ1n) is 3.86. The third kappa shape index (κ3) is 2.72. The van der Waals surface area contributed by atoms with Gasteiger partial charge in [0, 0.05) is 6.20 Å². The summed E-state index contributed by atoms with van der Waals surface area (Å²) in [5.41, 5.74) is -0.0327. The van der Waals surface area contributed by atoms with E-state index in [0.29, 0.717) is 0 Å². The van der Waals surface area contributed by atoms with Crippen LogP contribution < -0.4 is 16.2 Å². The molecule has 0 aliphatic carbocycles. The summed E-state index contributed by atoms with van der Waals surface area (Å²) in [4.78, 5) is 24.6. The molecule has 1 amide bonds. The first-order chi connectivity index (χ1) is 6.24. The van der Waals surface area contributed by atoms with Crippen LogP contribution in [-0.2, 0) is 4.79 Å². The Morgan fingerprint density at radius 2 is 2.38 bits per heavy atom. The second kappa shape index (κ2) is 4.42. The molecule has 5 heteroatoms. The van der Waals surface area contributed by atoms with Crippen LogP contribution in [0.25, 0.3) is 0 Å². The Labute approximate surface area is 75.2 Å². The number of aromatic nitrogens is 1. The molecule has 0 radical (unpaired) electrons. The maximum absolute atomic E-state index is 11.1. The average Bonchev–Trinajstić information content (AvgIpc) is 2.09. The lowest BCUT2D eigenvalue weighted by molar-refractivity contribution is -0.115. The summed E-state index contributed by atoms with van der Waals surface area (Å²) < 4.78 is 0. The quantitative estimate of drug-likeness (QED) is 0.590. The molecular weight excluding hydrogens is 170 g/mol. The largest absolute Gasteiger partial charge is 0.327 e. The Morgan fingerprint density at radius 3 is 3.00 bits per heavy atom. The Hall–Kier alpha value is -1.62. The fraction of sp³-hybridized carbons (Fsp3) is 0.250. The van der Waals surface area contributed by atoms with Gasteiger partial charge in [0.05, 0.1) is 6.54 Å². The van der Waals surface area contributed by atoms with E-state index in [1.54, 1.807) is 19.2 Å². The molecule has 3 N–H and O–H groups in total. The lowest BCUT2D eigenvalue weighted by Crippen LogP contribution is -2.27. The van der Waals surface area contributed by atoms with Crippen LogP contribution in [0.2, 0.25) is 0 Å². The number of anilines is 1. The van der Waals surface area contributed by atoms with Gasteiger partial charge in [0.2, 0.25) is 5.91 Å². The molecule has 0 unspecified atom stereocenters. The standard InChI is InChI=1S/C8H11N3O2/c1-9-5-7(12)11-6-3-2-4-10-8(6)13/h2-4,9H,5H2,1H3,(H,10,13)(H,11,12). The van der Waals surface area contributed by atoms with Crippen molar-refractivity contribution in [3.05, 3.63) is 28.7 Å². The van der Waals surface area contributed by atoms with Gasteiger partial charge in [-0.1, -0.05) is 0 Å². The highest BCUT2D eigenvalue weighted by Gasteiger charge is 2.02. The fourth-order valence-corrected chi connectivity index (χ4v) is 0.875. The number of amides is 1. The SMILES string of the molecule is CNCC(=O)Nc1ccc[nH]c1=O. The smallest absolute Gasteiger partial charge is 0.271 e. The van der Waals surface area contributed by atoms with Crippen molar-refractivity contribution in [3.8, 4) is 0 Å². The number of aromatic amines is 1. The Kier molecular flexibility index (Phi) is 3.22. The molecule has 0 saturated carbocycles. The van der Waals surface area contributed by atoms with E-state index in [0.717, 1.165) is 0 Å². The molecule has 0 spiro atoms. The lowest BCUT2D eigenvalue weighted by atomic mass is 10.4. The van der Waals surface area contributed by atoms with Crippen LogP contribution in [0, 0.1) is 0 Å². The van der Waals surface area contributed by atoms with Crippen molar-refractivity contribution in [3.63, 3.8) is 0 Å². The number of H-pyrrole nitrogens is 1. The van der Waals surface area contributed by atoms with Crippen molar-refractivity contribution in [2.45, 2.75) is 0 Å². The number of rotatable bonds is 3. The molecule has 1 aromatic rings. The molecule has 0 bridgehead atoms. The number of hydrogen-bond donors (Lipinski definition) is 3. The predicted octanol–water partition coefficient (Wildman–Crippen LogP) is -0.467. The van der Waals surface area contributed by atoms with Crippen LogP contribution in [-0.4, -0.2) is 24.5 Å². The number of hydrogen-bond acceptors (Lipinski definition) is 3. The van der Waals surface area contributed by atoms with Gasteiger partial charge in [0.25, 0.3) is 5.56 Å². The van der Waals surface area contributed by atoms with Crippen molar-refractivity contribution in [1.82, 2.24) is 10.3 Å². The van der Waals surface area contributed by atoms with E-state index in [1.807, 2.05) is 0 Å². The van der Waals surface area contributed by atoms with Gasteiger partial charge in [-0.25, -0.2) is 0 Å². The van der Waals surface area contributed by atoms with E-state index in [9.17, 15) is 9.59 Å². The van der Waals surface area contributed by atoms with E-state index in [4.69, 9.17) is 0 Å². The average molecular weight is 181 g/mol. The van der Waals surface area contributed by atoms with E-state index < -0.39 is 0 Å². The number of carbonyl (C=O) groups excluding carboxylic acids is 1. The zero-order chi connectivity index (χ0) is 9.68. The predicted molar refractivity (Wildman–Crippen MR) is 49.6 cm³/mol.